The van der Waals surface area contributed by atoms with Crippen LogP contribution in [-0.4, -0.2) is 31.1 Å². The third kappa shape index (κ3) is 4.80. The van der Waals surface area contributed by atoms with Crippen molar-refractivity contribution in [2.45, 2.75) is 25.4 Å². The van der Waals surface area contributed by atoms with E-state index in [2.05, 4.69) is 0 Å². The number of carbonyl (C=O) groups excluding carboxylic acids is 1. The number of methoxy groups -OCH3 is 2. The monoisotopic (exact) mass is 389 g/mol. The van der Waals surface area contributed by atoms with Crippen LogP contribution < -0.4 is 9.47 Å². The molecule has 0 heterocycles. The molecule has 0 atom stereocenters. The van der Waals surface area contributed by atoms with Crippen molar-refractivity contribution in [3.8, 4) is 11.5 Å². The molecule has 1 fully saturated rings. The molecule has 142 valence electrons. The second-order valence-electron chi connectivity index (χ2n) is 6.38. The number of halogens is 2. The summed E-state index contributed by atoms with van der Waals surface area (Å²) in [6, 6.07) is 10.0. The summed E-state index contributed by atoms with van der Waals surface area (Å²) in [5, 5.41) is 0.329. The van der Waals surface area contributed by atoms with Gasteiger partial charge < -0.3 is 14.4 Å². The van der Waals surface area contributed by atoms with Gasteiger partial charge in [-0.1, -0.05) is 17.7 Å². The van der Waals surface area contributed by atoms with Gasteiger partial charge in [0.25, 0.3) is 0 Å². The Bertz CT molecular complexity index is 822. The molecule has 0 aliphatic heterocycles. The molecule has 0 saturated heterocycles. The third-order valence-electron chi connectivity index (χ3n) is 4.45. The lowest BCUT2D eigenvalue weighted by Crippen LogP contribution is -2.31. The van der Waals surface area contributed by atoms with Gasteiger partial charge in [-0.2, -0.15) is 0 Å². The average Bonchev–Trinajstić information content (AvgIpc) is 3.50. The smallest absolute Gasteiger partial charge is 0.247 e. The van der Waals surface area contributed by atoms with E-state index >= 15 is 0 Å². The van der Waals surface area contributed by atoms with E-state index in [9.17, 15) is 9.18 Å². The van der Waals surface area contributed by atoms with Crippen LogP contribution in [0, 0.1) is 5.82 Å². The molecule has 1 aliphatic rings. The van der Waals surface area contributed by atoms with Crippen LogP contribution in [0.4, 0.5) is 4.39 Å². The molecule has 0 spiro atoms. The van der Waals surface area contributed by atoms with Crippen molar-refractivity contribution in [2.24, 2.45) is 0 Å². The Kier molecular flexibility index (Phi) is 6.01. The van der Waals surface area contributed by atoms with Gasteiger partial charge in [0.1, 0.15) is 17.3 Å². The Morgan fingerprint density at radius 1 is 1.22 bits per heavy atom. The molecule has 2 aromatic carbocycles. The summed E-state index contributed by atoms with van der Waals surface area (Å²) in [5.41, 5.74) is 1.12. The zero-order valence-corrected chi connectivity index (χ0v) is 16.0. The van der Waals surface area contributed by atoms with Crippen molar-refractivity contribution in [3.05, 3.63) is 64.4 Å². The maximum Gasteiger partial charge on any atom is 0.247 e. The molecule has 4 nitrogen and oxygen atoms in total. The molecule has 0 aromatic heterocycles. The van der Waals surface area contributed by atoms with Crippen LogP contribution in [0.25, 0.3) is 6.08 Å². The van der Waals surface area contributed by atoms with Crippen LogP contribution in [-0.2, 0) is 11.3 Å². The van der Waals surface area contributed by atoms with Crippen molar-refractivity contribution in [1.82, 2.24) is 4.90 Å². The first-order valence-corrected chi connectivity index (χ1v) is 9.04. The second-order valence-corrected chi connectivity index (χ2v) is 6.78. The number of benzene rings is 2. The average molecular weight is 390 g/mol. The Morgan fingerprint density at radius 2 is 1.89 bits per heavy atom. The van der Waals surface area contributed by atoms with Gasteiger partial charge in [-0.25, -0.2) is 4.39 Å². The zero-order valence-electron chi connectivity index (χ0n) is 15.2. The summed E-state index contributed by atoms with van der Waals surface area (Å²) < 4.78 is 24.6. The van der Waals surface area contributed by atoms with Gasteiger partial charge in [0.05, 0.1) is 20.8 Å². The van der Waals surface area contributed by atoms with Crippen LogP contribution in [0.3, 0.4) is 0 Å². The number of nitrogens with zero attached hydrogens (tertiary/aromatic N) is 1. The molecule has 2 aromatic rings. The SMILES string of the molecule is COc1cc(C=CC(=O)N(Cc2c(F)cccc2Cl)C2CC2)cc(OC)c1. The number of hydrogen-bond donors (Lipinski definition) is 0. The van der Waals surface area contributed by atoms with Crippen molar-refractivity contribution < 1.29 is 18.7 Å². The molecule has 3 rings (SSSR count). The lowest BCUT2D eigenvalue weighted by Gasteiger charge is -2.22. The van der Waals surface area contributed by atoms with E-state index in [1.54, 1.807) is 43.4 Å². The minimum Gasteiger partial charge on any atom is -0.497 e. The van der Waals surface area contributed by atoms with Crippen LogP contribution in [0.2, 0.25) is 5.02 Å². The first-order chi connectivity index (χ1) is 13.0. The van der Waals surface area contributed by atoms with Crippen LogP contribution >= 0.6 is 11.6 Å². The van der Waals surface area contributed by atoms with Crippen molar-refractivity contribution >= 4 is 23.6 Å². The standard InChI is InChI=1S/C21H21ClFNO3/c1-26-16-10-14(11-17(12-16)27-2)6-9-21(25)24(15-7-8-15)13-18-19(22)4-3-5-20(18)23/h3-6,9-12,15H,7-8,13H2,1-2H3. The summed E-state index contributed by atoms with van der Waals surface area (Å²) in [4.78, 5) is 14.4. The fourth-order valence-corrected chi connectivity index (χ4v) is 3.04. The number of rotatable bonds is 7. The fraction of sp³-hybridized carbons (Fsp3) is 0.286. The first-order valence-electron chi connectivity index (χ1n) is 8.66. The van der Waals surface area contributed by atoms with Gasteiger partial charge in [0.15, 0.2) is 0 Å². The maximum atomic E-state index is 14.1. The number of hydrogen-bond acceptors (Lipinski definition) is 3. The predicted molar refractivity (Wildman–Crippen MR) is 104 cm³/mol. The van der Waals surface area contributed by atoms with E-state index in [0.717, 1.165) is 18.4 Å². The summed E-state index contributed by atoms with van der Waals surface area (Å²) in [5.74, 6) is 0.693. The van der Waals surface area contributed by atoms with Crippen LogP contribution in [0.5, 0.6) is 11.5 Å². The summed E-state index contributed by atoms with van der Waals surface area (Å²) >= 11 is 6.12. The molecule has 0 unspecified atom stereocenters. The number of amides is 1. The first kappa shape index (κ1) is 19.2. The van der Waals surface area contributed by atoms with E-state index < -0.39 is 5.82 Å². The van der Waals surface area contributed by atoms with E-state index in [0.29, 0.717) is 22.1 Å². The highest BCUT2D eigenvalue weighted by Crippen LogP contribution is 2.31. The quantitative estimate of drug-likeness (QED) is 0.644. The highest BCUT2D eigenvalue weighted by Gasteiger charge is 2.32. The highest BCUT2D eigenvalue weighted by molar-refractivity contribution is 6.31. The topological polar surface area (TPSA) is 38.8 Å². The maximum absolute atomic E-state index is 14.1. The summed E-state index contributed by atoms with van der Waals surface area (Å²) in [7, 11) is 3.14. The molecular formula is C21H21ClFNO3. The molecule has 0 radical (unpaired) electrons. The third-order valence-corrected chi connectivity index (χ3v) is 4.81. The molecule has 0 N–H and O–H groups in total. The highest BCUT2D eigenvalue weighted by atomic mass is 35.5. The molecule has 0 bridgehead atoms. The molecule has 1 aliphatic carbocycles. The Balaban J connectivity index is 1.79. The predicted octanol–water partition coefficient (Wildman–Crippen LogP) is 4.70. The van der Waals surface area contributed by atoms with Crippen LogP contribution in [0.1, 0.15) is 24.0 Å². The molecule has 1 amide bonds. The van der Waals surface area contributed by atoms with Crippen molar-refractivity contribution in [1.29, 1.82) is 0 Å². The summed E-state index contributed by atoms with van der Waals surface area (Å²) in [6.07, 6.45) is 5.02. The van der Waals surface area contributed by atoms with Gasteiger partial charge in [-0.15, -0.1) is 0 Å². The van der Waals surface area contributed by atoms with E-state index in [-0.39, 0.29) is 18.5 Å². The van der Waals surface area contributed by atoms with Crippen molar-refractivity contribution in [3.63, 3.8) is 0 Å². The van der Waals surface area contributed by atoms with Gasteiger partial charge in [0.2, 0.25) is 5.91 Å². The van der Waals surface area contributed by atoms with E-state index in [4.69, 9.17) is 21.1 Å². The Morgan fingerprint density at radius 3 is 2.44 bits per heavy atom. The Hall–Kier alpha value is -2.53. The fourth-order valence-electron chi connectivity index (χ4n) is 2.82. The minimum atomic E-state index is -0.400. The minimum absolute atomic E-state index is 0.123. The zero-order chi connectivity index (χ0) is 19.4. The summed E-state index contributed by atoms with van der Waals surface area (Å²) in [6.45, 7) is 0.154. The van der Waals surface area contributed by atoms with Gasteiger partial charge >= 0.3 is 0 Å². The Labute approximate surface area is 163 Å². The molecule has 27 heavy (non-hydrogen) atoms. The lowest BCUT2D eigenvalue weighted by atomic mass is 10.1. The van der Waals surface area contributed by atoms with Crippen molar-refractivity contribution in [2.75, 3.05) is 14.2 Å². The number of carbonyl (C=O) groups is 1. The van der Waals surface area contributed by atoms with E-state index in [1.165, 1.54) is 12.1 Å². The second kappa shape index (κ2) is 8.44. The van der Waals surface area contributed by atoms with E-state index in [1.807, 2.05) is 12.1 Å². The van der Waals surface area contributed by atoms with Gasteiger partial charge in [-0.05, 0) is 48.7 Å². The normalized spacial score (nSPS) is 13.6. The largest absolute Gasteiger partial charge is 0.497 e. The number of ether oxygens (including phenoxy) is 2. The van der Waals surface area contributed by atoms with Gasteiger partial charge in [-0.3, -0.25) is 4.79 Å². The molecular weight excluding hydrogens is 369 g/mol. The lowest BCUT2D eigenvalue weighted by molar-refractivity contribution is -0.127. The van der Waals surface area contributed by atoms with Crippen LogP contribution in [0.15, 0.2) is 42.5 Å². The molecule has 1 saturated carbocycles. The van der Waals surface area contributed by atoms with Gasteiger partial charge in [0, 0.05) is 28.8 Å². The molecule has 6 heteroatoms.